The predicted octanol–water partition coefficient (Wildman–Crippen LogP) is 4.19. The summed E-state index contributed by atoms with van der Waals surface area (Å²) >= 11 is 1.69. The maximum Gasteiger partial charge on any atom is 0.261 e. The van der Waals surface area contributed by atoms with Gasteiger partial charge >= 0.3 is 0 Å². The minimum atomic E-state index is 0.0384. The third kappa shape index (κ3) is 3.39. The molecule has 6 nitrogen and oxygen atoms in total. The Kier molecular flexibility index (Phi) is 4.38. The minimum absolute atomic E-state index is 0.0384. The highest BCUT2D eigenvalue weighted by Gasteiger charge is 2.17. The van der Waals surface area contributed by atoms with Crippen LogP contribution in [0.3, 0.4) is 0 Å². The molecule has 0 radical (unpaired) electrons. The van der Waals surface area contributed by atoms with Crippen LogP contribution >= 0.6 is 11.3 Å². The Hall–Kier alpha value is -2.28. The second-order valence-electron chi connectivity index (χ2n) is 5.68. The van der Waals surface area contributed by atoms with Crippen LogP contribution < -0.4 is 5.32 Å². The van der Waals surface area contributed by atoms with Gasteiger partial charge < -0.3 is 9.84 Å². The smallest absolute Gasteiger partial charge is 0.261 e. The molecule has 7 heteroatoms. The molecule has 0 bridgehead atoms. The molecule has 0 amide bonds. The zero-order valence-corrected chi connectivity index (χ0v) is 14.4. The van der Waals surface area contributed by atoms with E-state index in [2.05, 4.69) is 51.6 Å². The lowest BCUT2D eigenvalue weighted by atomic mass is 10.2. The molecule has 0 aromatic carbocycles. The zero-order valence-electron chi connectivity index (χ0n) is 13.6. The van der Waals surface area contributed by atoms with Gasteiger partial charge in [-0.1, -0.05) is 19.0 Å². The van der Waals surface area contributed by atoms with E-state index < -0.39 is 0 Å². The number of hydrogen-bond donors (Lipinski definition) is 1. The van der Waals surface area contributed by atoms with Crippen LogP contribution in [0.4, 0.5) is 5.82 Å². The van der Waals surface area contributed by atoms with Crippen molar-refractivity contribution in [2.75, 3.05) is 5.32 Å². The van der Waals surface area contributed by atoms with Crippen molar-refractivity contribution >= 4 is 17.2 Å². The molecule has 0 saturated heterocycles. The maximum absolute atomic E-state index is 5.26. The van der Waals surface area contributed by atoms with Crippen LogP contribution in [-0.2, 0) is 0 Å². The first-order valence-corrected chi connectivity index (χ1v) is 8.40. The van der Waals surface area contributed by atoms with E-state index in [9.17, 15) is 0 Å². The summed E-state index contributed by atoms with van der Waals surface area (Å²) in [5.74, 6) is 2.21. The molecule has 0 spiro atoms. The Labute approximate surface area is 139 Å². The summed E-state index contributed by atoms with van der Waals surface area (Å²) in [4.78, 5) is 13.4. The SMILES string of the molecule is Cc1noc(-c2cccnc2NC(C)c2csc(C(C)C)n2)n1. The average Bonchev–Trinajstić information content (AvgIpc) is 3.17. The number of nitrogens with one attached hydrogen (secondary N) is 1. The quantitative estimate of drug-likeness (QED) is 0.756. The van der Waals surface area contributed by atoms with Gasteiger partial charge in [-0.3, -0.25) is 0 Å². The number of hydrogen-bond acceptors (Lipinski definition) is 7. The number of aromatic nitrogens is 4. The van der Waals surface area contributed by atoms with Gasteiger partial charge in [0, 0.05) is 17.5 Å². The Balaban J connectivity index is 1.85. The Morgan fingerprint density at radius 2 is 2.04 bits per heavy atom. The molecule has 0 aliphatic rings. The van der Waals surface area contributed by atoms with E-state index in [0.717, 1.165) is 16.3 Å². The molecular weight excluding hydrogens is 310 g/mol. The number of anilines is 1. The van der Waals surface area contributed by atoms with Crippen molar-refractivity contribution in [3.8, 4) is 11.5 Å². The molecule has 23 heavy (non-hydrogen) atoms. The maximum atomic E-state index is 5.26. The highest BCUT2D eigenvalue weighted by Crippen LogP contribution is 2.29. The molecule has 3 aromatic heterocycles. The topological polar surface area (TPSA) is 76.7 Å². The molecule has 0 saturated carbocycles. The van der Waals surface area contributed by atoms with Crippen LogP contribution in [0, 0.1) is 6.92 Å². The van der Waals surface area contributed by atoms with Gasteiger partial charge in [0.15, 0.2) is 5.82 Å². The van der Waals surface area contributed by atoms with Crippen LogP contribution in [0.2, 0.25) is 0 Å². The Morgan fingerprint density at radius 1 is 1.22 bits per heavy atom. The van der Waals surface area contributed by atoms with Crippen LogP contribution in [0.1, 0.15) is 49.3 Å². The summed E-state index contributed by atoms with van der Waals surface area (Å²) in [6, 6.07) is 3.80. The molecule has 3 aromatic rings. The molecule has 0 aliphatic carbocycles. The van der Waals surface area contributed by atoms with E-state index in [1.807, 2.05) is 12.1 Å². The standard InChI is InChI=1S/C16H19N5OS/c1-9(2)16-20-13(8-23-16)10(3)18-14-12(6-5-7-17-14)15-19-11(4)21-22-15/h5-10H,1-4H3,(H,17,18). The van der Waals surface area contributed by atoms with E-state index in [4.69, 9.17) is 4.52 Å². The van der Waals surface area contributed by atoms with Crippen LogP contribution in [0.25, 0.3) is 11.5 Å². The fourth-order valence-corrected chi connectivity index (χ4v) is 3.07. The van der Waals surface area contributed by atoms with Crippen LogP contribution in [0.5, 0.6) is 0 Å². The third-order valence-corrected chi connectivity index (χ3v) is 4.56. The van der Waals surface area contributed by atoms with Crippen LogP contribution in [-0.4, -0.2) is 20.1 Å². The molecule has 3 rings (SSSR count). The number of rotatable bonds is 5. The van der Waals surface area contributed by atoms with Crippen molar-refractivity contribution in [1.82, 2.24) is 20.1 Å². The van der Waals surface area contributed by atoms with E-state index in [0.29, 0.717) is 23.5 Å². The fraction of sp³-hybridized carbons (Fsp3) is 0.375. The molecule has 0 fully saturated rings. The first-order valence-electron chi connectivity index (χ1n) is 7.52. The predicted molar refractivity (Wildman–Crippen MR) is 90.5 cm³/mol. The van der Waals surface area contributed by atoms with Gasteiger partial charge in [0.1, 0.15) is 5.82 Å². The van der Waals surface area contributed by atoms with Crippen molar-refractivity contribution in [2.24, 2.45) is 0 Å². The number of pyridine rings is 1. The first kappa shape index (κ1) is 15.6. The van der Waals surface area contributed by atoms with Crippen molar-refractivity contribution < 1.29 is 4.52 Å². The van der Waals surface area contributed by atoms with Crippen molar-refractivity contribution in [3.05, 3.63) is 40.2 Å². The number of thiazole rings is 1. The van der Waals surface area contributed by atoms with Gasteiger partial charge in [-0.05, 0) is 26.0 Å². The van der Waals surface area contributed by atoms with Crippen molar-refractivity contribution in [1.29, 1.82) is 0 Å². The van der Waals surface area contributed by atoms with Gasteiger partial charge in [-0.2, -0.15) is 4.98 Å². The van der Waals surface area contributed by atoms with Gasteiger partial charge in [-0.25, -0.2) is 9.97 Å². The Morgan fingerprint density at radius 3 is 2.70 bits per heavy atom. The van der Waals surface area contributed by atoms with Gasteiger partial charge in [0.05, 0.1) is 22.3 Å². The van der Waals surface area contributed by atoms with Gasteiger partial charge in [0.25, 0.3) is 5.89 Å². The zero-order chi connectivity index (χ0) is 16.4. The second-order valence-corrected chi connectivity index (χ2v) is 6.57. The summed E-state index contributed by atoms with van der Waals surface area (Å²) in [6.07, 6.45) is 1.74. The van der Waals surface area contributed by atoms with E-state index in [1.165, 1.54) is 0 Å². The van der Waals surface area contributed by atoms with E-state index in [-0.39, 0.29) is 6.04 Å². The molecule has 1 N–H and O–H groups in total. The number of aryl methyl sites for hydroxylation is 1. The molecular formula is C16H19N5OS. The lowest BCUT2D eigenvalue weighted by molar-refractivity contribution is 0.425. The highest BCUT2D eigenvalue weighted by molar-refractivity contribution is 7.09. The molecule has 3 heterocycles. The lowest BCUT2D eigenvalue weighted by Gasteiger charge is -2.14. The van der Waals surface area contributed by atoms with E-state index in [1.54, 1.807) is 24.5 Å². The summed E-state index contributed by atoms with van der Waals surface area (Å²) < 4.78 is 5.26. The molecule has 120 valence electrons. The summed E-state index contributed by atoms with van der Waals surface area (Å²) in [5.41, 5.74) is 1.80. The fourth-order valence-electron chi connectivity index (χ4n) is 2.14. The highest BCUT2D eigenvalue weighted by atomic mass is 32.1. The first-order chi connectivity index (χ1) is 11.0. The Bertz CT molecular complexity index is 795. The molecule has 0 aliphatic heterocycles. The summed E-state index contributed by atoms with van der Waals surface area (Å²) in [7, 11) is 0. The monoisotopic (exact) mass is 329 g/mol. The second kappa shape index (κ2) is 6.45. The molecule has 1 atom stereocenters. The summed E-state index contributed by atoms with van der Waals surface area (Å²) in [6.45, 7) is 8.16. The van der Waals surface area contributed by atoms with Crippen LogP contribution in [0.15, 0.2) is 28.2 Å². The lowest BCUT2D eigenvalue weighted by Crippen LogP contribution is -2.09. The van der Waals surface area contributed by atoms with Gasteiger partial charge in [-0.15, -0.1) is 11.3 Å². The largest absolute Gasteiger partial charge is 0.361 e. The third-order valence-electron chi connectivity index (χ3n) is 3.40. The van der Waals surface area contributed by atoms with Crippen molar-refractivity contribution in [3.63, 3.8) is 0 Å². The minimum Gasteiger partial charge on any atom is -0.361 e. The number of nitrogens with zero attached hydrogens (tertiary/aromatic N) is 4. The van der Waals surface area contributed by atoms with E-state index >= 15 is 0 Å². The summed E-state index contributed by atoms with van der Waals surface area (Å²) in [5, 5.41) is 10.5. The van der Waals surface area contributed by atoms with Crippen molar-refractivity contribution in [2.45, 2.75) is 39.7 Å². The normalized spacial score (nSPS) is 12.6. The molecule has 1 unspecified atom stereocenters. The van der Waals surface area contributed by atoms with Gasteiger partial charge in [0.2, 0.25) is 0 Å². The average molecular weight is 329 g/mol.